The Labute approximate surface area is 166 Å². The Hall–Kier alpha value is -1.89. The first-order valence-electron chi connectivity index (χ1n) is 8.92. The summed E-state index contributed by atoms with van der Waals surface area (Å²) in [5.41, 5.74) is 5.26. The molecule has 1 fully saturated rings. The Morgan fingerprint density at radius 1 is 1.11 bits per heavy atom. The largest absolute Gasteiger partial charge is 0.317 e. The van der Waals surface area contributed by atoms with Crippen molar-refractivity contribution in [2.24, 2.45) is 0 Å². The maximum Gasteiger partial charge on any atom is 0.175 e. The summed E-state index contributed by atoms with van der Waals surface area (Å²) in [6.45, 7) is 4.25. The Morgan fingerprint density at radius 3 is 2.41 bits per heavy atom. The topological polar surface area (TPSA) is 63.5 Å². The number of piperidine rings is 1. The summed E-state index contributed by atoms with van der Waals surface area (Å²) in [6, 6.07) is 9.18. The standard InChI is InChI=1S/C20H23N3O2S.ClH/c1-14-11-17(15-7-9-21-10-8-15)12-23-13-19(22-20(14)23)16-3-5-18(6-4-16)26(2,24)25;/h3-6,11-13,15,21H,7-10H2,1-2H3;1H. The van der Waals surface area contributed by atoms with Gasteiger partial charge < -0.3 is 9.72 Å². The second kappa shape index (κ2) is 7.62. The molecule has 1 aliphatic rings. The van der Waals surface area contributed by atoms with E-state index in [9.17, 15) is 8.42 Å². The van der Waals surface area contributed by atoms with Gasteiger partial charge in [-0.05, 0) is 62.0 Å². The first-order chi connectivity index (χ1) is 12.4. The summed E-state index contributed by atoms with van der Waals surface area (Å²) in [7, 11) is -3.18. The van der Waals surface area contributed by atoms with E-state index in [-0.39, 0.29) is 12.4 Å². The summed E-state index contributed by atoms with van der Waals surface area (Å²) in [5, 5.41) is 3.41. The van der Waals surface area contributed by atoms with Crippen LogP contribution >= 0.6 is 12.4 Å². The first kappa shape index (κ1) is 19.9. The summed E-state index contributed by atoms with van der Waals surface area (Å²) < 4.78 is 25.4. The van der Waals surface area contributed by atoms with Crippen molar-refractivity contribution < 1.29 is 8.42 Å². The average molecular weight is 406 g/mol. The van der Waals surface area contributed by atoms with Gasteiger partial charge in [0, 0.05) is 24.2 Å². The van der Waals surface area contributed by atoms with Crippen LogP contribution in [0.1, 0.15) is 29.9 Å². The van der Waals surface area contributed by atoms with Crippen molar-refractivity contribution >= 4 is 27.9 Å². The molecule has 1 N–H and O–H groups in total. The number of benzene rings is 1. The summed E-state index contributed by atoms with van der Waals surface area (Å²) in [4.78, 5) is 5.09. The highest BCUT2D eigenvalue weighted by Gasteiger charge is 2.17. The number of aromatic nitrogens is 2. The smallest absolute Gasteiger partial charge is 0.175 e. The van der Waals surface area contributed by atoms with Gasteiger partial charge in [0.05, 0.1) is 10.6 Å². The summed E-state index contributed by atoms with van der Waals surface area (Å²) in [5.74, 6) is 0.597. The molecule has 7 heteroatoms. The zero-order valence-electron chi connectivity index (χ0n) is 15.5. The SMILES string of the molecule is Cc1cc(C2CCNCC2)cn2cc(-c3ccc(S(C)(=O)=O)cc3)nc12.Cl. The van der Waals surface area contributed by atoms with Crippen molar-refractivity contribution in [3.63, 3.8) is 0 Å². The second-order valence-electron chi connectivity index (χ2n) is 7.13. The van der Waals surface area contributed by atoms with Crippen LogP contribution in [0.25, 0.3) is 16.9 Å². The third kappa shape index (κ3) is 4.03. The molecule has 1 aromatic carbocycles. The lowest BCUT2D eigenvalue weighted by molar-refractivity contribution is 0.459. The van der Waals surface area contributed by atoms with Crippen LogP contribution < -0.4 is 5.32 Å². The van der Waals surface area contributed by atoms with Crippen molar-refractivity contribution in [3.05, 3.63) is 53.9 Å². The number of pyridine rings is 1. The number of halogens is 1. The zero-order valence-corrected chi connectivity index (χ0v) is 17.1. The predicted octanol–water partition coefficient (Wildman–Crippen LogP) is 3.60. The third-order valence-electron chi connectivity index (χ3n) is 5.15. The van der Waals surface area contributed by atoms with Gasteiger partial charge >= 0.3 is 0 Å². The molecule has 0 amide bonds. The Balaban J connectivity index is 0.00000210. The van der Waals surface area contributed by atoms with Gasteiger partial charge in [-0.15, -0.1) is 12.4 Å². The van der Waals surface area contributed by atoms with Gasteiger partial charge in [0.2, 0.25) is 0 Å². The maximum atomic E-state index is 11.6. The highest BCUT2D eigenvalue weighted by molar-refractivity contribution is 7.90. The molecule has 0 atom stereocenters. The molecule has 1 saturated heterocycles. The molecule has 144 valence electrons. The molecule has 3 aromatic rings. The first-order valence-corrected chi connectivity index (χ1v) is 10.8. The molecule has 0 radical (unpaired) electrons. The van der Waals surface area contributed by atoms with Gasteiger partial charge in [-0.3, -0.25) is 0 Å². The fourth-order valence-electron chi connectivity index (χ4n) is 3.69. The van der Waals surface area contributed by atoms with E-state index in [1.54, 1.807) is 12.1 Å². The predicted molar refractivity (Wildman–Crippen MR) is 111 cm³/mol. The highest BCUT2D eigenvalue weighted by Crippen LogP contribution is 2.28. The van der Waals surface area contributed by atoms with Crippen molar-refractivity contribution in [2.75, 3.05) is 19.3 Å². The number of aryl methyl sites for hydroxylation is 1. The van der Waals surface area contributed by atoms with Gasteiger partial charge in [0.25, 0.3) is 0 Å². The lowest BCUT2D eigenvalue weighted by Gasteiger charge is -2.23. The zero-order chi connectivity index (χ0) is 18.3. The fraction of sp³-hybridized carbons (Fsp3) is 0.350. The molecule has 5 nitrogen and oxygen atoms in total. The van der Waals surface area contributed by atoms with Crippen LogP contribution in [0.3, 0.4) is 0 Å². The van der Waals surface area contributed by atoms with Crippen LogP contribution in [0, 0.1) is 6.92 Å². The molecule has 1 aliphatic heterocycles. The molecule has 0 aliphatic carbocycles. The maximum absolute atomic E-state index is 11.6. The molecule has 0 saturated carbocycles. The van der Waals surface area contributed by atoms with E-state index in [1.807, 2.05) is 18.3 Å². The van der Waals surface area contributed by atoms with E-state index in [0.29, 0.717) is 10.8 Å². The molecule has 4 rings (SSSR count). The molecule has 0 bridgehead atoms. The number of sulfone groups is 1. The van der Waals surface area contributed by atoms with Crippen molar-refractivity contribution in [2.45, 2.75) is 30.6 Å². The number of nitrogens with zero attached hydrogens (tertiary/aromatic N) is 2. The van der Waals surface area contributed by atoms with Crippen molar-refractivity contribution in [1.29, 1.82) is 0 Å². The fourth-order valence-corrected chi connectivity index (χ4v) is 4.32. The van der Waals surface area contributed by atoms with Gasteiger partial charge in [-0.1, -0.05) is 18.2 Å². The Bertz CT molecular complexity index is 1050. The molecular formula is C20H24ClN3O2S. The lowest BCUT2D eigenvalue weighted by Crippen LogP contribution is -2.26. The van der Waals surface area contributed by atoms with E-state index in [0.717, 1.165) is 30.0 Å². The van der Waals surface area contributed by atoms with Crippen LogP contribution in [0.5, 0.6) is 0 Å². The third-order valence-corrected chi connectivity index (χ3v) is 6.27. The molecular weight excluding hydrogens is 382 g/mol. The summed E-state index contributed by atoms with van der Waals surface area (Å²) >= 11 is 0. The highest BCUT2D eigenvalue weighted by atomic mass is 35.5. The van der Waals surface area contributed by atoms with Gasteiger partial charge in [-0.2, -0.15) is 0 Å². The second-order valence-corrected chi connectivity index (χ2v) is 9.15. The number of hydrogen-bond donors (Lipinski definition) is 1. The number of hydrogen-bond acceptors (Lipinski definition) is 4. The Morgan fingerprint density at radius 2 is 1.78 bits per heavy atom. The minimum Gasteiger partial charge on any atom is -0.317 e. The monoisotopic (exact) mass is 405 g/mol. The van der Waals surface area contributed by atoms with Crippen LogP contribution in [0.4, 0.5) is 0 Å². The summed E-state index contributed by atoms with van der Waals surface area (Å²) in [6.07, 6.45) is 7.78. The van der Waals surface area contributed by atoms with E-state index >= 15 is 0 Å². The minimum absolute atomic E-state index is 0. The quantitative estimate of drug-likeness (QED) is 0.723. The van der Waals surface area contributed by atoms with E-state index in [1.165, 1.54) is 30.2 Å². The van der Waals surface area contributed by atoms with Crippen molar-refractivity contribution in [3.8, 4) is 11.3 Å². The van der Waals surface area contributed by atoms with Crippen molar-refractivity contribution in [1.82, 2.24) is 14.7 Å². The van der Waals surface area contributed by atoms with Crippen LogP contribution in [-0.2, 0) is 9.84 Å². The normalized spacial score (nSPS) is 15.6. The number of rotatable bonds is 3. The van der Waals surface area contributed by atoms with Crippen LogP contribution in [0.2, 0.25) is 0 Å². The average Bonchev–Trinajstić information content (AvgIpc) is 3.07. The lowest BCUT2D eigenvalue weighted by atomic mass is 9.91. The Kier molecular flexibility index (Phi) is 5.60. The molecule has 0 spiro atoms. The molecule has 2 aromatic heterocycles. The van der Waals surface area contributed by atoms with Crippen LogP contribution in [0.15, 0.2) is 47.6 Å². The van der Waals surface area contributed by atoms with Gasteiger partial charge in [0.15, 0.2) is 9.84 Å². The van der Waals surface area contributed by atoms with E-state index < -0.39 is 9.84 Å². The van der Waals surface area contributed by atoms with Crippen LogP contribution in [-0.4, -0.2) is 37.1 Å². The minimum atomic E-state index is -3.18. The molecule has 27 heavy (non-hydrogen) atoms. The van der Waals surface area contributed by atoms with Gasteiger partial charge in [0.1, 0.15) is 5.65 Å². The number of fused-ring (bicyclic) bond motifs is 1. The van der Waals surface area contributed by atoms with Gasteiger partial charge in [-0.25, -0.2) is 13.4 Å². The number of imidazole rings is 1. The van der Waals surface area contributed by atoms with E-state index in [2.05, 4.69) is 28.9 Å². The number of nitrogens with one attached hydrogen (secondary N) is 1. The molecule has 3 heterocycles. The molecule has 0 unspecified atom stereocenters. The van der Waals surface area contributed by atoms with E-state index in [4.69, 9.17) is 4.98 Å².